The Kier molecular flexibility index (Phi) is 5.61. The van der Waals surface area contributed by atoms with E-state index in [2.05, 4.69) is 32.9 Å². The van der Waals surface area contributed by atoms with E-state index in [9.17, 15) is 9.18 Å². The fourth-order valence-corrected chi connectivity index (χ4v) is 5.44. The maximum absolute atomic E-state index is 14.6. The summed E-state index contributed by atoms with van der Waals surface area (Å²) >= 11 is 3.24. The first-order chi connectivity index (χ1) is 15.5. The first kappa shape index (κ1) is 21.3. The number of carbonyl (C=O) groups is 1. The molecule has 1 unspecified atom stereocenters. The van der Waals surface area contributed by atoms with Crippen LogP contribution in [-0.2, 0) is 6.42 Å². The molecule has 1 atom stereocenters. The molecule has 0 saturated carbocycles. The van der Waals surface area contributed by atoms with Crippen molar-refractivity contribution in [1.29, 1.82) is 0 Å². The van der Waals surface area contributed by atoms with Crippen LogP contribution in [0.25, 0.3) is 16.9 Å². The van der Waals surface area contributed by atoms with Crippen LogP contribution in [0.15, 0.2) is 46.0 Å². The minimum atomic E-state index is -0.357. The van der Waals surface area contributed by atoms with Gasteiger partial charge >= 0.3 is 0 Å². The second-order valence-electron chi connectivity index (χ2n) is 8.65. The number of fused-ring (bicyclic) bond motifs is 1. The third kappa shape index (κ3) is 3.56. The molecule has 0 fully saturated rings. The number of benzene rings is 1. The van der Waals surface area contributed by atoms with Crippen molar-refractivity contribution in [2.24, 2.45) is 0 Å². The highest BCUT2D eigenvalue weighted by atomic mass is 79.9. The Hall–Kier alpha value is -2.54. The van der Waals surface area contributed by atoms with Crippen molar-refractivity contribution in [3.63, 3.8) is 0 Å². The molecule has 32 heavy (non-hydrogen) atoms. The summed E-state index contributed by atoms with van der Waals surface area (Å²) in [6.07, 6.45) is 6.40. The fourth-order valence-electron chi connectivity index (χ4n) is 5.07. The Bertz CT molecular complexity index is 1250. The molecule has 1 amide bonds. The fraction of sp³-hybridized carbons (Fsp3) is 0.400. The molecule has 3 aromatic rings. The van der Waals surface area contributed by atoms with Crippen molar-refractivity contribution in [3.8, 4) is 11.3 Å². The van der Waals surface area contributed by atoms with E-state index in [0.29, 0.717) is 33.5 Å². The van der Waals surface area contributed by atoms with Crippen molar-refractivity contribution in [2.45, 2.75) is 58.4 Å². The molecule has 0 N–H and O–H groups in total. The second-order valence-corrected chi connectivity index (χ2v) is 9.50. The molecular formula is C25H26BrFN4O. The monoisotopic (exact) mass is 496 g/mol. The third-order valence-electron chi connectivity index (χ3n) is 6.83. The number of hydrogen-bond donors (Lipinski definition) is 0. The number of hydrogen-bond acceptors (Lipinski definition) is 3. The van der Waals surface area contributed by atoms with Crippen LogP contribution in [0, 0.1) is 5.82 Å². The largest absolute Gasteiger partial charge is 0.331 e. The lowest BCUT2D eigenvalue weighted by atomic mass is 9.83. The zero-order valence-corrected chi connectivity index (χ0v) is 20.0. The van der Waals surface area contributed by atoms with Crippen LogP contribution in [-0.4, -0.2) is 38.0 Å². The Morgan fingerprint density at radius 3 is 2.84 bits per heavy atom. The Morgan fingerprint density at radius 2 is 2.03 bits per heavy atom. The van der Waals surface area contributed by atoms with Crippen LogP contribution in [0.4, 0.5) is 4.39 Å². The zero-order valence-electron chi connectivity index (χ0n) is 18.4. The van der Waals surface area contributed by atoms with E-state index < -0.39 is 0 Å². The minimum Gasteiger partial charge on any atom is -0.331 e. The molecule has 0 saturated heterocycles. The minimum absolute atomic E-state index is 0.0387. The first-order valence-corrected chi connectivity index (χ1v) is 12.1. The van der Waals surface area contributed by atoms with Crippen LogP contribution in [0.1, 0.15) is 62.1 Å². The van der Waals surface area contributed by atoms with Gasteiger partial charge in [-0.2, -0.15) is 5.10 Å². The molecule has 3 heterocycles. The number of aryl methyl sites for hydroxylation is 1. The molecule has 1 aliphatic heterocycles. The van der Waals surface area contributed by atoms with Gasteiger partial charge in [-0.3, -0.25) is 4.79 Å². The quantitative estimate of drug-likeness (QED) is 0.420. The van der Waals surface area contributed by atoms with Crippen molar-refractivity contribution >= 4 is 27.5 Å². The summed E-state index contributed by atoms with van der Waals surface area (Å²) in [7, 11) is 0. The molecule has 5 rings (SSSR count). The van der Waals surface area contributed by atoms with Crippen LogP contribution < -0.4 is 0 Å². The number of carbonyl (C=O) groups excluding carboxylic acids is 1. The van der Waals surface area contributed by atoms with Gasteiger partial charge in [0.05, 0.1) is 16.2 Å². The van der Waals surface area contributed by atoms with Gasteiger partial charge in [-0.15, -0.1) is 0 Å². The molecule has 7 heteroatoms. The number of aromatic nitrogens is 3. The highest BCUT2D eigenvalue weighted by Gasteiger charge is 2.32. The topological polar surface area (TPSA) is 50.5 Å². The van der Waals surface area contributed by atoms with Gasteiger partial charge < -0.3 is 4.90 Å². The Morgan fingerprint density at radius 1 is 1.22 bits per heavy atom. The lowest BCUT2D eigenvalue weighted by Gasteiger charge is -2.39. The summed E-state index contributed by atoms with van der Waals surface area (Å²) in [5, 5.41) is 4.60. The molecule has 0 radical (unpaired) electrons. The Labute approximate surface area is 195 Å². The molecule has 2 aliphatic rings. The predicted molar refractivity (Wildman–Crippen MR) is 126 cm³/mol. The Balaban J connectivity index is 1.53. The predicted octanol–water partition coefficient (Wildman–Crippen LogP) is 5.97. The van der Waals surface area contributed by atoms with Gasteiger partial charge in [0.25, 0.3) is 5.91 Å². The highest BCUT2D eigenvalue weighted by molar-refractivity contribution is 9.10. The standard InChI is InChI=1S/C25H26BrFN4O/c1-3-17-13-22(25(32)30-12-11-16-7-4-5-8-18(16)15(30)2)28-23-14-21(29-31(17)23)19-9-6-10-20(26)24(19)27/h6,9-10,13-15H,3-5,7-8,11-12H2,1-2H3. The van der Waals surface area contributed by atoms with E-state index in [1.807, 2.05) is 17.9 Å². The first-order valence-electron chi connectivity index (χ1n) is 11.3. The van der Waals surface area contributed by atoms with Gasteiger partial charge in [-0.05, 0) is 85.2 Å². The average molecular weight is 497 g/mol. The van der Waals surface area contributed by atoms with Gasteiger partial charge in [0.2, 0.25) is 0 Å². The molecule has 166 valence electrons. The van der Waals surface area contributed by atoms with Gasteiger partial charge in [0.1, 0.15) is 11.5 Å². The van der Waals surface area contributed by atoms with Crippen molar-refractivity contribution in [1.82, 2.24) is 19.5 Å². The number of amides is 1. The van der Waals surface area contributed by atoms with E-state index in [1.54, 1.807) is 34.4 Å². The van der Waals surface area contributed by atoms with E-state index in [-0.39, 0.29) is 17.8 Å². The lowest BCUT2D eigenvalue weighted by molar-refractivity contribution is 0.0693. The summed E-state index contributed by atoms with van der Waals surface area (Å²) in [5.74, 6) is -0.396. The maximum Gasteiger partial charge on any atom is 0.273 e. The van der Waals surface area contributed by atoms with E-state index in [0.717, 1.165) is 25.1 Å². The molecule has 5 nitrogen and oxygen atoms in total. The molecule has 1 aromatic carbocycles. The molecule has 1 aliphatic carbocycles. The van der Waals surface area contributed by atoms with E-state index >= 15 is 0 Å². The van der Waals surface area contributed by atoms with Crippen LogP contribution in [0.3, 0.4) is 0 Å². The van der Waals surface area contributed by atoms with E-state index in [1.165, 1.54) is 24.8 Å². The van der Waals surface area contributed by atoms with Crippen molar-refractivity contribution < 1.29 is 9.18 Å². The number of halogens is 2. The third-order valence-corrected chi connectivity index (χ3v) is 7.44. The van der Waals surface area contributed by atoms with Gasteiger partial charge in [0.15, 0.2) is 5.65 Å². The van der Waals surface area contributed by atoms with Crippen LogP contribution in [0.2, 0.25) is 0 Å². The smallest absolute Gasteiger partial charge is 0.273 e. The van der Waals surface area contributed by atoms with Crippen LogP contribution in [0.5, 0.6) is 0 Å². The molecule has 0 spiro atoms. The SMILES string of the molecule is CCc1cc(C(=O)N2CCC3=C(CCCC3)C2C)nc2cc(-c3cccc(Br)c3F)nn12. The van der Waals surface area contributed by atoms with Crippen LogP contribution >= 0.6 is 15.9 Å². The summed E-state index contributed by atoms with van der Waals surface area (Å²) in [6.45, 7) is 4.90. The zero-order chi connectivity index (χ0) is 22.4. The summed E-state index contributed by atoms with van der Waals surface area (Å²) < 4.78 is 16.8. The number of nitrogens with zero attached hydrogens (tertiary/aromatic N) is 4. The van der Waals surface area contributed by atoms with Gasteiger partial charge in [-0.25, -0.2) is 13.9 Å². The van der Waals surface area contributed by atoms with Crippen molar-refractivity contribution in [2.75, 3.05) is 6.54 Å². The lowest BCUT2D eigenvalue weighted by Crippen LogP contribution is -2.44. The second kappa shape index (κ2) is 8.43. The summed E-state index contributed by atoms with van der Waals surface area (Å²) in [5.41, 5.74) is 5.78. The number of rotatable bonds is 3. The van der Waals surface area contributed by atoms with Gasteiger partial charge in [-0.1, -0.05) is 18.6 Å². The average Bonchev–Trinajstić information content (AvgIpc) is 3.24. The molecule has 2 aromatic heterocycles. The van der Waals surface area contributed by atoms with Crippen molar-refractivity contribution in [3.05, 3.63) is 63.2 Å². The normalized spacial score (nSPS) is 18.9. The van der Waals surface area contributed by atoms with Gasteiger partial charge in [0, 0.05) is 23.9 Å². The summed E-state index contributed by atoms with van der Waals surface area (Å²) in [6, 6.07) is 8.84. The molecular weight excluding hydrogens is 471 g/mol. The highest BCUT2D eigenvalue weighted by Crippen LogP contribution is 2.35. The maximum atomic E-state index is 14.6. The van der Waals surface area contributed by atoms with E-state index in [4.69, 9.17) is 0 Å². The summed E-state index contributed by atoms with van der Waals surface area (Å²) in [4.78, 5) is 20.1. The molecule has 0 bridgehead atoms.